The van der Waals surface area contributed by atoms with Gasteiger partial charge < -0.3 is 14.9 Å². The van der Waals surface area contributed by atoms with Crippen molar-refractivity contribution in [3.63, 3.8) is 0 Å². The molecule has 0 rings (SSSR count). The summed E-state index contributed by atoms with van der Waals surface area (Å²) >= 11 is 0. The molecular weight excluding hydrogens is 228 g/mol. The highest BCUT2D eigenvalue weighted by Gasteiger charge is 2.03. The third-order valence-electron chi connectivity index (χ3n) is 1.78. The van der Waals surface area contributed by atoms with E-state index in [2.05, 4.69) is 11.3 Å². The minimum Gasteiger partial charge on any atom is -0.478 e. The number of carboxylic acid groups (broad SMARTS) is 2. The van der Waals surface area contributed by atoms with Gasteiger partial charge in [0.05, 0.1) is 6.61 Å². The van der Waals surface area contributed by atoms with Crippen LogP contribution < -0.4 is 0 Å². The Labute approximate surface area is 98.2 Å². The average molecular weight is 242 g/mol. The molecule has 0 aliphatic heterocycles. The third-order valence-corrected chi connectivity index (χ3v) is 1.78. The van der Waals surface area contributed by atoms with Crippen LogP contribution in [0.2, 0.25) is 0 Å². The van der Waals surface area contributed by atoms with Crippen molar-refractivity contribution in [2.75, 3.05) is 6.61 Å². The molecule has 0 spiro atoms. The van der Waals surface area contributed by atoms with Crippen molar-refractivity contribution in [3.05, 3.63) is 24.3 Å². The van der Waals surface area contributed by atoms with Crippen molar-refractivity contribution in [1.82, 2.24) is 0 Å². The van der Waals surface area contributed by atoms with Gasteiger partial charge >= 0.3 is 17.9 Å². The predicted molar refractivity (Wildman–Crippen MR) is 58.4 cm³/mol. The van der Waals surface area contributed by atoms with Gasteiger partial charge in [0.2, 0.25) is 0 Å². The first-order valence-corrected chi connectivity index (χ1v) is 4.92. The molecule has 0 bridgehead atoms. The van der Waals surface area contributed by atoms with Gasteiger partial charge in [0, 0.05) is 17.7 Å². The summed E-state index contributed by atoms with van der Waals surface area (Å²) in [7, 11) is 0. The second-order valence-corrected chi connectivity index (χ2v) is 3.20. The summed E-state index contributed by atoms with van der Waals surface area (Å²) < 4.78 is 4.67. The highest BCUT2D eigenvalue weighted by atomic mass is 16.5. The molecule has 17 heavy (non-hydrogen) atoms. The zero-order valence-corrected chi connectivity index (χ0v) is 9.22. The number of unbranched alkanes of at least 4 members (excludes halogenated alkanes) is 1. The van der Waals surface area contributed by atoms with Gasteiger partial charge in [0.15, 0.2) is 0 Å². The molecular formula is C11H14O6. The largest absolute Gasteiger partial charge is 0.478 e. The Morgan fingerprint density at radius 2 is 1.76 bits per heavy atom. The van der Waals surface area contributed by atoms with Crippen molar-refractivity contribution < 1.29 is 29.3 Å². The predicted octanol–water partition coefficient (Wildman–Crippen LogP) is 0.982. The maximum atomic E-state index is 10.9. The van der Waals surface area contributed by atoms with E-state index in [9.17, 15) is 14.4 Å². The molecule has 94 valence electrons. The topological polar surface area (TPSA) is 101 Å². The minimum atomic E-state index is -1.22. The van der Waals surface area contributed by atoms with Crippen LogP contribution in [-0.4, -0.2) is 34.7 Å². The van der Waals surface area contributed by atoms with Gasteiger partial charge in [-0.3, -0.25) is 0 Å². The molecule has 0 fully saturated rings. The molecule has 6 nitrogen and oxygen atoms in total. The molecule has 0 saturated carbocycles. The molecule has 6 heteroatoms. The van der Waals surface area contributed by atoms with E-state index in [1.54, 1.807) is 0 Å². The molecule has 0 aromatic carbocycles. The summed E-state index contributed by atoms with van der Waals surface area (Å²) in [6, 6.07) is 0. The normalized spacial score (nSPS) is 10.1. The molecule has 0 amide bonds. The number of hydrogen-bond acceptors (Lipinski definition) is 4. The van der Waals surface area contributed by atoms with Crippen molar-refractivity contribution in [1.29, 1.82) is 0 Å². The summed E-state index contributed by atoms with van der Waals surface area (Å²) in [6.07, 6.45) is 2.88. The SMILES string of the molecule is C=C(CCCCOC(=O)/C=C\C(=O)O)C(=O)O. The van der Waals surface area contributed by atoms with E-state index in [1.807, 2.05) is 0 Å². The highest BCUT2D eigenvalue weighted by Crippen LogP contribution is 2.05. The lowest BCUT2D eigenvalue weighted by Crippen LogP contribution is -2.04. The summed E-state index contributed by atoms with van der Waals surface area (Å²) in [6.45, 7) is 3.47. The van der Waals surface area contributed by atoms with E-state index in [0.717, 1.165) is 6.08 Å². The van der Waals surface area contributed by atoms with Crippen LogP contribution in [0.3, 0.4) is 0 Å². The van der Waals surface area contributed by atoms with Crippen molar-refractivity contribution in [2.45, 2.75) is 19.3 Å². The first-order valence-electron chi connectivity index (χ1n) is 4.92. The number of carbonyl (C=O) groups is 3. The van der Waals surface area contributed by atoms with Gasteiger partial charge in [-0.05, 0) is 19.3 Å². The standard InChI is InChI=1S/C11H14O6/c1-8(11(15)16)4-2-3-7-17-10(14)6-5-9(12)13/h5-6H,1-4,7H2,(H,12,13)(H,15,16)/b6-5-. The van der Waals surface area contributed by atoms with E-state index >= 15 is 0 Å². The smallest absolute Gasteiger partial charge is 0.331 e. The second kappa shape index (κ2) is 8.09. The zero-order chi connectivity index (χ0) is 13.3. The fraction of sp³-hybridized carbons (Fsp3) is 0.364. The molecule has 2 N–H and O–H groups in total. The molecule has 0 radical (unpaired) electrons. The average Bonchev–Trinajstić information content (AvgIpc) is 2.25. The maximum absolute atomic E-state index is 10.9. The van der Waals surface area contributed by atoms with Gasteiger partial charge in [-0.25, -0.2) is 14.4 Å². The minimum absolute atomic E-state index is 0.113. The fourth-order valence-corrected chi connectivity index (χ4v) is 0.908. The van der Waals surface area contributed by atoms with Crippen LogP contribution in [0.25, 0.3) is 0 Å². The Morgan fingerprint density at radius 1 is 1.12 bits per heavy atom. The maximum Gasteiger partial charge on any atom is 0.331 e. The second-order valence-electron chi connectivity index (χ2n) is 3.20. The zero-order valence-electron chi connectivity index (χ0n) is 9.22. The van der Waals surface area contributed by atoms with Crippen LogP contribution in [0.4, 0.5) is 0 Å². The number of carbonyl (C=O) groups excluding carboxylic acids is 1. The first-order chi connectivity index (χ1) is 7.93. The lowest BCUT2D eigenvalue weighted by Gasteiger charge is -2.02. The van der Waals surface area contributed by atoms with Crippen molar-refractivity contribution in [2.24, 2.45) is 0 Å². The third kappa shape index (κ3) is 8.86. The van der Waals surface area contributed by atoms with Crippen LogP contribution >= 0.6 is 0 Å². The molecule has 0 saturated heterocycles. The van der Waals surface area contributed by atoms with E-state index < -0.39 is 17.9 Å². The van der Waals surface area contributed by atoms with Crippen LogP contribution in [0.15, 0.2) is 24.3 Å². The molecule has 0 aromatic rings. The van der Waals surface area contributed by atoms with Gasteiger partial charge in [0.1, 0.15) is 0 Å². The number of ether oxygens (including phenoxy) is 1. The quantitative estimate of drug-likeness (QED) is 0.374. The first kappa shape index (κ1) is 14.9. The van der Waals surface area contributed by atoms with Gasteiger partial charge in [-0.1, -0.05) is 6.58 Å². The lowest BCUT2D eigenvalue weighted by atomic mass is 10.1. The Balaban J connectivity index is 3.59. The van der Waals surface area contributed by atoms with E-state index in [1.165, 1.54) is 0 Å². The highest BCUT2D eigenvalue weighted by molar-refractivity contribution is 5.90. The summed E-state index contributed by atoms with van der Waals surface area (Å²) in [4.78, 5) is 31.3. The van der Waals surface area contributed by atoms with E-state index in [4.69, 9.17) is 10.2 Å². The Kier molecular flexibility index (Phi) is 7.09. The van der Waals surface area contributed by atoms with Gasteiger partial charge in [0.25, 0.3) is 0 Å². The van der Waals surface area contributed by atoms with E-state index in [-0.39, 0.29) is 12.2 Å². The molecule has 0 unspecified atom stereocenters. The number of rotatable bonds is 8. The van der Waals surface area contributed by atoms with Crippen molar-refractivity contribution >= 4 is 17.9 Å². The summed E-state index contributed by atoms with van der Waals surface area (Å²) in [5.74, 6) is -2.99. The van der Waals surface area contributed by atoms with Crippen LogP contribution in [0, 0.1) is 0 Å². The van der Waals surface area contributed by atoms with E-state index in [0.29, 0.717) is 25.3 Å². The molecule has 0 heterocycles. The Hall–Kier alpha value is -2.11. The van der Waals surface area contributed by atoms with Crippen LogP contribution in [-0.2, 0) is 19.1 Å². The molecule has 0 aliphatic rings. The lowest BCUT2D eigenvalue weighted by molar-refractivity contribution is -0.139. The van der Waals surface area contributed by atoms with Gasteiger partial charge in [-0.2, -0.15) is 0 Å². The monoisotopic (exact) mass is 242 g/mol. The molecule has 0 aromatic heterocycles. The van der Waals surface area contributed by atoms with Crippen LogP contribution in [0.5, 0.6) is 0 Å². The Morgan fingerprint density at radius 3 is 2.29 bits per heavy atom. The number of aliphatic carboxylic acids is 2. The summed E-state index contributed by atoms with van der Waals surface area (Å²) in [5.41, 5.74) is 0.113. The van der Waals surface area contributed by atoms with Crippen molar-refractivity contribution in [3.8, 4) is 0 Å². The van der Waals surface area contributed by atoms with Gasteiger partial charge in [-0.15, -0.1) is 0 Å². The fourth-order valence-electron chi connectivity index (χ4n) is 0.908. The number of esters is 1. The Bertz CT molecular complexity index is 342. The molecule has 0 atom stereocenters. The molecule has 0 aliphatic carbocycles. The number of hydrogen-bond donors (Lipinski definition) is 2. The number of carboxylic acids is 2. The summed E-state index contributed by atoms with van der Waals surface area (Å²) in [5, 5.41) is 16.7. The van der Waals surface area contributed by atoms with Crippen LogP contribution in [0.1, 0.15) is 19.3 Å².